The predicted octanol–water partition coefficient (Wildman–Crippen LogP) is 1.83. The first kappa shape index (κ1) is 14.3. The molecule has 1 saturated heterocycles. The lowest BCUT2D eigenvalue weighted by Crippen LogP contribution is -2.35. The number of likely N-dealkylation sites (tertiary alicyclic amines) is 1. The van der Waals surface area contributed by atoms with E-state index in [-0.39, 0.29) is 5.91 Å². The molecule has 2 rings (SSSR count). The summed E-state index contributed by atoms with van der Waals surface area (Å²) in [5.74, 6) is -0.625. The van der Waals surface area contributed by atoms with E-state index in [1.165, 1.54) is 24.1 Å². The van der Waals surface area contributed by atoms with Gasteiger partial charge in [-0.2, -0.15) is 0 Å². The highest BCUT2D eigenvalue weighted by atomic mass is 16.5. The van der Waals surface area contributed by atoms with Gasteiger partial charge in [0.15, 0.2) is 0 Å². The molecule has 0 spiro atoms. The van der Waals surface area contributed by atoms with Crippen molar-refractivity contribution in [2.75, 3.05) is 13.1 Å². The van der Waals surface area contributed by atoms with Crippen LogP contribution in [0.1, 0.15) is 35.2 Å². The first-order valence-electron chi connectivity index (χ1n) is 6.73. The summed E-state index contributed by atoms with van der Waals surface area (Å²) in [7, 11) is 0. The number of hydrogen-bond donors (Lipinski definition) is 2. The molecule has 106 valence electrons. The highest BCUT2D eigenvalue weighted by molar-refractivity contribution is 5.99. The minimum Gasteiger partial charge on any atom is -0.339 e. The molecule has 0 aliphatic carbocycles. The van der Waals surface area contributed by atoms with Crippen LogP contribution >= 0.6 is 0 Å². The standard InChI is InChI=1S/C15H18N2O3/c18-14(16-20)9-8-12-6-2-3-7-13(12)15(19)17-10-4-1-5-11-17/h2-3,6-9,20H,1,4-5,10-11H2,(H,16,18)/b9-8+. The number of amides is 2. The van der Waals surface area contributed by atoms with E-state index in [1.54, 1.807) is 18.2 Å². The fourth-order valence-corrected chi connectivity index (χ4v) is 2.31. The molecule has 2 amide bonds. The molecule has 1 aromatic carbocycles. The van der Waals surface area contributed by atoms with Crippen LogP contribution in [0, 0.1) is 0 Å². The molecule has 5 heteroatoms. The molecule has 2 N–H and O–H groups in total. The Morgan fingerprint density at radius 1 is 1.15 bits per heavy atom. The molecule has 1 aliphatic rings. The zero-order valence-corrected chi connectivity index (χ0v) is 11.2. The van der Waals surface area contributed by atoms with Gasteiger partial charge in [0.2, 0.25) is 0 Å². The normalized spacial score (nSPS) is 15.3. The minimum absolute atomic E-state index is 0.00523. The van der Waals surface area contributed by atoms with Crippen LogP contribution in [-0.2, 0) is 4.79 Å². The lowest BCUT2D eigenvalue weighted by atomic mass is 10.0. The van der Waals surface area contributed by atoms with Gasteiger partial charge in [-0.1, -0.05) is 18.2 Å². The van der Waals surface area contributed by atoms with Crippen molar-refractivity contribution in [1.29, 1.82) is 0 Å². The number of hydroxylamine groups is 1. The van der Waals surface area contributed by atoms with E-state index in [4.69, 9.17) is 5.21 Å². The summed E-state index contributed by atoms with van der Waals surface area (Å²) >= 11 is 0. The first-order chi connectivity index (χ1) is 9.72. The maximum atomic E-state index is 12.5. The molecular weight excluding hydrogens is 256 g/mol. The predicted molar refractivity (Wildman–Crippen MR) is 75.2 cm³/mol. The van der Waals surface area contributed by atoms with Crippen LogP contribution in [0.5, 0.6) is 0 Å². The smallest absolute Gasteiger partial charge is 0.267 e. The maximum Gasteiger partial charge on any atom is 0.267 e. The largest absolute Gasteiger partial charge is 0.339 e. The Labute approximate surface area is 117 Å². The lowest BCUT2D eigenvalue weighted by molar-refractivity contribution is -0.124. The van der Waals surface area contributed by atoms with Crippen molar-refractivity contribution in [3.8, 4) is 0 Å². The summed E-state index contributed by atoms with van der Waals surface area (Å²) < 4.78 is 0. The summed E-state index contributed by atoms with van der Waals surface area (Å²) in [6, 6.07) is 7.15. The summed E-state index contributed by atoms with van der Waals surface area (Å²) in [4.78, 5) is 25.4. The highest BCUT2D eigenvalue weighted by Crippen LogP contribution is 2.17. The van der Waals surface area contributed by atoms with Crippen molar-refractivity contribution in [3.63, 3.8) is 0 Å². The van der Waals surface area contributed by atoms with Crippen molar-refractivity contribution < 1.29 is 14.8 Å². The fourth-order valence-electron chi connectivity index (χ4n) is 2.31. The summed E-state index contributed by atoms with van der Waals surface area (Å²) in [5.41, 5.74) is 2.78. The second-order valence-electron chi connectivity index (χ2n) is 4.75. The van der Waals surface area contributed by atoms with Crippen molar-refractivity contribution >= 4 is 17.9 Å². The molecule has 1 fully saturated rings. The van der Waals surface area contributed by atoms with Gasteiger partial charge in [0.25, 0.3) is 11.8 Å². The van der Waals surface area contributed by atoms with Crippen molar-refractivity contribution in [2.45, 2.75) is 19.3 Å². The first-order valence-corrected chi connectivity index (χ1v) is 6.73. The average Bonchev–Trinajstić information content (AvgIpc) is 2.53. The Hall–Kier alpha value is -2.14. The van der Waals surface area contributed by atoms with Crippen LogP contribution in [-0.4, -0.2) is 35.0 Å². The van der Waals surface area contributed by atoms with Crippen molar-refractivity contribution in [2.24, 2.45) is 0 Å². The van der Waals surface area contributed by atoms with E-state index in [1.807, 2.05) is 11.0 Å². The maximum absolute atomic E-state index is 12.5. The zero-order valence-electron chi connectivity index (χ0n) is 11.2. The van der Waals surface area contributed by atoms with E-state index in [2.05, 4.69) is 0 Å². The fraction of sp³-hybridized carbons (Fsp3) is 0.333. The van der Waals surface area contributed by atoms with Gasteiger partial charge in [-0.3, -0.25) is 14.8 Å². The minimum atomic E-state index is -0.620. The number of nitrogens with one attached hydrogen (secondary N) is 1. The molecule has 0 saturated carbocycles. The number of piperidine rings is 1. The van der Waals surface area contributed by atoms with E-state index in [9.17, 15) is 9.59 Å². The third kappa shape index (κ3) is 3.45. The molecule has 0 aromatic heterocycles. The van der Waals surface area contributed by atoms with Gasteiger partial charge >= 0.3 is 0 Å². The number of hydrogen-bond acceptors (Lipinski definition) is 3. The van der Waals surface area contributed by atoms with Gasteiger partial charge in [0, 0.05) is 24.7 Å². The quantitative estimate of drug-likeness (QED) is 0.502. The van der Waals surface area contributed by atoms with E-state index in [0.29, 0.717) is 11.1 Å². The highest BCUT2D eigenvalue weighted by Gasteiger charge is 2.19. The van der Waals surface area contributed by atoms with Gasteiger partial charge in [-0.15, -0.1) is 0 Å². The van der Waals surface area contributed by atoms with Crippen LogP contribution in [0.15, 0.2) is 30.3 Å². The lowest BCUT2D eigenvalue weighted by Gasteiger charge is -2.27. The molecule has 0 atom stereocenters. The van der Waals surface area contributed by atoms with Crippen LogP contribution < -0.4 is 5.48 Å². The molecule has 1 aliphatic heterocycles. The second kappa shape index (κ2) is 6.86. The monoisotopic (exact) mass is 274 g/mol. The van der Waals surface area contributed by atoms with Gasteiger partial charge in [-0.05, 0) is 37.0 Å². The number of carbonyl (C=O) groups excluding carboxylic acids is 2. The molecule has 1 heterocycles. The number of benzene rings is 1. The molecule has 1 aromatic rings. The molecular formula is C15H18N2O3. The topological polar surface area (TPSA) is 69.6 Å². The summed E-state index contributed by atoms with van der Waals surface area (Å²) in [6.45, 7) is 1.57. The van der Waals surface area contributed by atoms with Crippen LogP contribution in [0.2, 0.25) is 0 Å². The van der Waals surface area contributed by atoms with Crippen molar-refractivity contribution in [3.05, 3.63) is 41.5 Å². The Morgan fingerprint density at radius 2 is 1.85 bits per heavy atom. The third-order valence-corrected chi connectivity index (χ3v) is 3.36. The van der Waals surface area contributed by atoms with Gasteiger partial charge in [-0.25, -0.2) is 5.48 Å². The Balaban J connectivity index is 2.20. The number of nitrogens with zero attached hydrogens (tertiary/aromatic N) is 1. The SMILES string of the molecule is O=C(/C=C/c1ccccc1C(=O)N1CCCCC1)NO. The Morgan fingerprint density at radius 3 is 2.55 bits per heavy atom. The molecule has 0 unspecified atom stereocenters. The van der Waals surface area contributed by atoms with E-state index >= 15 is 0 Å². The van der Waals surface area contributed by atoms with Crippen LogP contribution in [0.25, 0.3) is 6.08 Å². The molecule has 20 heavy (non-hydrogen) atoms. The number of rotatable bonds is 3. The second-order valence-corrected chi connectivity index (χ2v) is 4.75. The van der Waals surface area contributed by atoms with E-state index in [0.717, 1.165) is 25.9 Å². The number of carbonyl (C=O) groups is 2. The van der Waals surface area contributed by atoms with Crippen LogP contribution in [0.3, 0.4) is 0 Å². The Kier molecular flexibility index (Phi) is 4.90. The Bertz CT molecular complexity index is 520. The molecule has 0 bridgehead atoms. The van der Waals surface area contributed by atoms with Gasteiger partial charge < -0.3 is 4.90 Å². The molecule has 5 nitrogen and oxygen atoms in total. The zero-order chi connectivity index (χ0) is 14.4. The third-order valence-electron chi connectivity index (χ3n) is 3.36. The summed E-state index contributed by atoms with van der Waals surface area (Å²) in [5, 5.41) is 8.47. The van der Waals surface area contributed by atoms with Crippen molar-refractivity contribution in [1.82, 2.24) is 10.4 Å². The average molecular weight is 274 g/mol. The van der Waals surface area contributed by atoms with Crippen LogP contribution in [0.4, 0.5) is 0 Å². The summed E-state index contributed by atoms with van der Waals surface area (Å²) in [6.07, 6.45) is 5.97. The van der Waals surface area contributed by atoms with E-state index < -0.39 is 5.91 Å². The molecule has 0 radical (unpaired) electrons. The van der Waals surface area contributed by atoms with Gasteiger partial charge in [0.1, 0.15) is 0 Å². The van der Waals surface area contributed by atoms with Gasteiger partial charge in [0.05, 0.1) is 0 Å².